The predicted molar refractivity (Wildman–Crippen MR) is 115 cm³/mol. The van der Waals surface area contributed by atoms with Crippen LogP contribution >= 0.6 is 0 Å². The van der Waals surface area contributed by atoms with Gasteiger partial charge in [-0.15, -0.1) is 0 Å². The first-order valence-electron chi connectivity index (χ1n) is 10.9. The van der Waals surface area contributed by atoms with Crippen molar-refractivity contribution in [1.29, 1.82) is 0 Å². The maximum atomic E-state index is 13.2. The summed E-state index contributed by atoms with van der Waals surface area (Å²) in [6, 6.07) is 8.26. The number of hydrogen-bond donors (Lipinski definition) is 0. The minimum atomic E-state index is -0.395. The van der Waals surface area contributed by atoms with Crippen molar-refractivity contribution in [2.24, 2.45) is 5.92 Å². The Morgan fingerprint density at radius 2 is 1.71 bits per heavy atom. The fourth-order valence-corrected chi connectivity index (χ4v) is 4.57. The molecule has 0 bridgehead atoms. The lowest BCUT2D eigenvalue weighted by Crippen LogP contribution is -2.48. The maximum Gasteiger partial charge on any atom is 0.274 e. The number of piperidine rings is 1. The van der Waals surface area contributed by atoms with Crippen LogP contribution in [-0.2, 0) is 4.74 Å². The number of carbonyl (C=O) groups is 1. The lowest BCUT2D eigenvalue weighted by molar-refractivity contribution is -0.0728. The normalized spacial score (nSPS) is 23.1. The van der Waals surface area contributed by atoms with Crippen molar-refractivity contribution in [2.75, 3.05) is 32.7 Å². The van der Waals surface area contributed by atoms with Crippen LogP contribution < -0.4 is 5.56 Å². The molecule has 31 heavy (non-hydrogen) atoms. The van der Waals surface area contributed by atoms with Crippen molar-refractivity contribution in [3.63, 3.8) is 0 Å². The van der Waals surface area contributed by atoms with Crippen LogP contribution in [0.3, 0.4) is 0 Å². The van der Waals surface area contributed by atoms with E-state index in [1.165, 1.54) is 36.4 Å². The van der Waals surface area contributed by atoms with Crippen LogP contribution in [0.1, 0.15) is 37.2 Å². The highest BCUT2D eigenvalue weighted by Crippen LogP contribution is 2.22. The molecule has 2 unspecified atom stereocenters. The van der Waals surface area contributed by atoms with E-state index in [1.54, 1.807) is 0 Å². The van der Waals surface area contributed by atoms with E-state index in [0.29, 0.717) is 24.7 Å². The topological polar surface area (TPSA) is 67.7 Å². The number of nitrogens with zero attached hydrogens (tertiary/aromatic N) is 4. The number of aromatic nitrogens is 2. The number of ether oxygens (including phenoxy) is 1. The van der Waals surface area contributed by atoms with E-state index in [9.17, 15) is 14.0 Å². The van der Waals surface area contributed by atoms with E-state index in [1.807, 2.05) is 4.90 Å². The summed E-state index contributed by atoms with van der Waals surface area (Å²) in [5, 5.41) is 4.24. The lowest BCUT2D eigenvalue weighted by Gasteiger charge is -2.39. The maximum absolute atomic E-state index is 13.2. The molecule has 1 aromatic carbocycles. The third-order valence-corrected chi connectivity index (χ3v) is 6.00. The summed E-state index contributed by atoms with van der Waals surface area (Å²) in [5.41, 5.74) is 0.280. The number of amides is 1. The number of likely N-dealkylation sites (tertiary alicyclic amines) is 1. The molecule has 2 aliphatic heterocycles. The predicted octanol–water partition coefficient (Wildman–Crippen LogP) is 2.33. The van der Waals surface area contributed by atoms with Gasteiger partial charge in [0.15, 0.2) is 0 Å². The molecule has 7 nitrogen and oxygen atoms in total. The Balaban J connectivity index is 1.38. The second kappa shape index (κ2) is 9.28. The smallest absolute Gasteiger partial charge is 0.274 e. The quantitative estimate of drug-likeness (QED) is 0.748. The summed E-state index contributed by atoms with van der Waals surface area (Å²) in [6.45, 7) is 8.53. The monoisotopic (exact) mass is 428 g/mol. The van der Waals surface area contributed by atoms with E-state index in [-0.39, 0.29) is 29.4 Å². The SMILES string of the molecule is CC1CN(CC2CCN(C(=O)c3ccc(=O)n(-c4ccc(F)cc4)n3)CC2)CC(C)O1. The number of halogens is 1. The van der Waals surface area contributed by atoms with Crippen molar-refractivity contribution in [3.05, 3.63) is 58.3 Å². The largest absolute Gasteiger partial charge is 0.373 e. The second-order valence-corrected chi connectivity index (χ2v) is 8.66. The van der Waals surface area contributed by atoms with Gasteiger partial charge in [-0.3, -0.25) is 14.5 Å². The molecule has 1 aromatic heterocycles. The first-order valence-corrected chi connectivity index (χ1v) is 10.9. The van der Waals surface area contributed by atoms with E-state index >= 15 is 0 Å². The molecule has 0 saturated carbocycles. The molecular formula is C23H29FN4O3. The first kappa shape index (κ1) is 21.6. The molecule has 0 radical (unpaired) electrons. The van der Waals surface area contributed by atoms with Gasteiger partial charge in [-0.1, -0.05) is 0 Å². The van der Waals surface area contributed by atoms with Crippen LogP contribution in [0.4, 0.5) is 4.39 Å². The Morgan fingerprint density at radius 1 is 1.06 bits per heavy atom. The highest BCUT2D eigenvalue weighted by atomic mass is 19.1. The number of carbonyl (C=O) groups excluding carboxylic acids is 1. The van der Waals surface area contributed by atoms with Crippen LogP contribution in [0.2, 0.25) is 0 Å². The molecule has 1 amide bonds. The molecule has 0 aliphatic carbocycles. The van der Waals surface area contributed by atoms with Gasteiger partial charge in [0.2, 0.25) is 0 Å². The van der Waals surface area contributed by atoms with Crippen molar-refractivity contribution >= 4 is 5.91 Å². The average molecular weight is 429 g/mol. The summed E-state index contributed by atoms with van der Waals surface area (Å²) < 4.78 is 20.1. The molecule has 0 spiro atoms. The molecule has 0 N–H and O–H groups in total. The average Bonchev–Trinajstić information content (AvgIpc) is 2.74. The summed E-state index contributed by atoms with van der Waals surface area (Å²) in [5.74, 6) is -0.0153. The molecule has 166 valence electrons. The molecule has 2 saturated heterocycles. The number of morpholine rings is 1. The molecule has 2 aromatic rings. The van der Waals surface area contributed by atoms with Gasteiger partial charge in [-0.05, 0) is 62.9 Å². The summed E-state index contributed by atoms with van der Waals surface area (Å²) in [4.78, 5) is 29.5. The van der Waals surface area contributed by atoms with Gasteiger partial charge in [-0.25, -0.2) is 4.39 Å². The number of benzene rings is 1. The van der Waals surface area contributed by atoms with Gasteiger partial charge in [0, 0.05) is 38.8 Å². The summed E-state index contributed by atoms with van der Waals surface area (Å²) in [6.07, 6.45) is 2.41. The molecule has 4 rings (SSSR count). The summed E-state index contributed by atoms with van der Waals surface area (Å²) in [7, 11) is 0. The van der Waals surface area contributed by atoms with Gasteiger partial charge < -0.3 is 9.64 Å². The van der Waals surface area contributed by atoms with E-state index in [0.717, 1.165) is 37.2 Å². The number of rotatable bonds is 4. The molecule has 2 aliphatic rings. The number of hydrogen-bond acceptors (Lipinski definition) is 5. The van der Waals surface area contributed by atoms with E-state index < -0.39 is 5.82 Å². The van der Waals surface area contributed by atoms with E-state index in [4.69, 9.17) is 4.74 Å². The third kappa shape index (κ3) is 5.19. The highest BCUT2D eigenvalue weighted by molar-refractivity contribution is 5.92. The molecule has 2 atom stereocenters. The van der Waals surface area contributed by atoms with Gasteiger partial charge in [0.05, 0.1) is 17.9 Å². The van der Waals surface area contributed by atoms with Crippen molar-refractivity contribution in [1.82, 2.24) is 19.6 Å². The van der Waals surface area contributed by atoms with Crippen molar-refractivity contribution < 1.29 is 13.9 Å². The van der Waals surface area contributed by atoms with Gasteiger partial charge in [0.25, 0.3) is 11.5 Å². The van der Waals surface area contributed by atoms with Gasteiger partial charge in [0.1, 0.15) is 11.5 Å². The Bertz CT molecular complexity index is 960. The third-order valence-electron chi connectivity index (χ3n) is 6.00. The Labute approximate surface area is 181 Å². The Kier molecular flexibility index (Phi) is 6.48. The van der Waals surface area contributed by atoms with Gasteiger partial charge in [-0.2, -0.15) is 9.78 Å². The zero-order valence-corrected chi connectivity index (χ0v) is 18.0. The molecule has 8 heteroatoms. The summed E-state index contributed by atoms with van der Waals surface area (Å²) >= 11 is 0. The highest BCUT2D eigenvalue weighted by Gasteiger charge is 2.28. The standard InChI is InChI=1S/C23H29FN4O3/c1-16-13-26(14-17(2)31-16)15-18-9-11-27(12-10-18)23(30)21-7-8-22(29)28(25-21)20-5-3-19(24)4-6-20/h3-8,16-18H,9-15H2,1-2H3. The van der Waals surface area contributed by atoms with Gasteiger partial charge >= 0.3 is 0 Å². The van der Waals surface area contributed by atoms with Crippen LogP contribution in [0.15, 0.2) is 41.2 Å². The zero-order chi connectivity index (χ0) is 22.0. The van der Waals surface area contributed by atoms with E-state index in [2.05, 4.69) is 23.8 Å². The van der Waals surface area contributed by atoms with Crippen molar-refractivity contribution in [3.8, 4) is 5.69 Å². The first-order chi connectivity index (χ1) is 14.9. The minimum Gasteiger partial charge on any atom is -0.373 e. The Morgan fingerprint density at radius 3 is 2.35 bits per heavy atom. The minimum absolute atomic E-state index is 0.178. The zero-order valence-electron chi connectivity index (χ0n) is 18.0. The van der Waals surface area contributed by atoms with Crippen molar-refractivity contribution in [2.45, 2.75) is 38.9 Å². The molecule has 2 fully saturated rings. The fourth-order valence-electron chi connectivity index (χ4n) is 4.57. The van der Waals surface area contributed by atoms with Crippen LogP contribution in [0, 0.1) is 11.7 Å². The molecule has 3 heterocycles. The van der Waals surface area contributed by atoms with Crippen LogP contribution in [0.5, 0.6) is 0 Å². The van der Waals surface area contributed by atoms with Crippen LogP contribution in [-0.4, -0.2) is 70.4 Å². The lowest BCUT2D eigenvalue weighted by atomic mass is 9.95. The van der Waals surface area contributed by atoms with Crippen LogP contribution in [0.25, 0.3) is 5.69 Å². The second-order valence-electron chi connectivity index (χ2n) is 8.66. The molecular weight excluding hydrogens is 399 g/mol. The fraction of sp³-hybridized carbons (Fsp3) is 0.522. The Hall–Kier alpha value is -2.58.